The van der Waals surface area contributed by atoms with Crippen molar-refractivity contribution in [1.82, 2.24) is 0 Å². The number of aliphatic hydroxyl groups is 4. The Morgan fingerprint density at radius 1 is 0.950 bits per heavy atom. The molecule has 5 N–H and O–H groups in total. The summed E-state index contributed by atoms with van der Waals surface area (Å²) in [6.07, 6.45) is -8.39. The van der Waals surface area contributed by atoms with Crippen molar-refractivity contribution in [3.05, 3.63) is 35.9 Å². The summed E-state index contributed by atoms with van der Waals surface area (Å²) < 4.78 is 0. The van der Waals surface area contributed by atoms with Gasteiger partial charge in [0, 0.05) is 6.42 Å². The minimum absolute atomic E-state index is 0.0907. The van der Waals surface area contributed by atoms with Gasteiger partial charge in [0.05, 0.1) is 0 Å². The average molecular weight is 284 g/mol. The minimum atomic E-state index is -2.31. The smallest absolute Gasteiger partial charge is 0.335 e. The highest BCUT2D eigenvalue weighted by molar-refractivity contribution is 5.88. The molecule has 1 rings (SSSR count). The molecule has 0 aliphatic carbocycles. The molecule has 0 saturated carbocycles. The Kier molecular flexibility index (Phi) is 5.78. The molecule has 0 bridgehead atoms. The van der Waals surface area contributed by atoms with Gasteiger partial charge in [-0.1, -0.05) is 30.3 Å². The van der Waals surface area contributed by atoms with Gasteiger partial charge in [-0.3, -0.25) is 4.79 Å². The second-order valence-corrected chi connectivity index (χ2v) is 4.33. The SMILES string of the molecule is O=C(O)[C@@H](O)[C@@H](O)[C@H](O)C(=O)C(O)Cc1ccccc1. The highest BCUT2D eigenvalue weighted by atomic mass is 16.4. The average Bonchev–Trinajstić information content (AvgIpc) is 2.44. The summed E-state index contributed by atoms with van der Waals surface area (Å²) in [6, 6.07) is 8.47. The van der Waals surface area contributed by atoms with E-state index in [9.17, 15) is 24.9 Å². The van der Waals surface area contributed by atoms with E-state index in [2.05, 4.69) is 0 Å². The number of ketones is 1. The van der Waals surface area contributed by atoms with E-state index in [0.717, 1.165) is 0 Å². The van der Waals surface area contributed by atoms with Crippen LogP contribution in [0.2, 0.25) is 0 Å². The summed E-state index contributed by atoms with van der Waals surface area (Å²) in [5, 5.41) is 46.0. The van der Waals surface area contributed by atoms with Crippen molar-refractivity contribution >= 4 is 11.8 Å². The number of aliphatic hydroxyl groups excluding tert-OH is 4. The van der Waals surface area contributed by atoms with Crippen molar-refractivity contribution in [3.63, 3.8) is 0 Å². The number of Topliss-reactive ketones (excluding diaryl/α,β-unsaturated/α-hetero) is 1. The standard InChI is InChI=1S/C13H16O7/c14-8(6-7-4-2-1-3-5-7)9(15)10(16)11(17)12(18)13(19)20/h1-5,8,10-12,14,16-18H,6H2,(H,19,20)/t8?,10-,11+,12+/m1/s1. The number of carbonyl (C=O) groups is 2. The molecule has 1 unspecified atom stereocenters. The second kappa shape index (κ2) is 7.11. The van der Waals surface area contributed by atoms with Gasteiger partial charge in [0.1, 0.15) is 18.3 Å². The lowest BCUT2D eigenvalue weighted by Crippen LogP contribution is -2.49. The first-order valence-electron chi connectivity index (χ1n) is 5.87. The van der Waals surface area contributed by atoms with Crippen LogP contribution in [0.1, 0.15) is 5.56 Å². The van der Waals surface area contributed by atoms with E-state index >= 15 is 0 Å². The van der Waals surface area contributed by atoms with E-state index in [1.807, 2.05) is 0 Å². The lowest BCUT2D eigenvalue weighted by molar-refractivity contribution is -0.162. The molecule has 1 aromatic carbocycles. The van der Waals surface area contributed by atoms with E-state index in [1.165, 1.54) is 0 Å². The summed E-state index contributed by atoms with van der Waals surface area (Å²) >= 11 is 0. The molecule has 0 aliphatic heterocycles. The highest BCUT2D eigenvalue weighted by Crippen LogP contribution is 2.09. The maximum absolute atomic E-state index is 11.7. The predicted octanol–water partition coefficient (Wildman–Crippen LogP) is -1.67. The van der Waals surface area contributed by atoms with Gasteiger partial charge in [-0.05, 0) is 5.56 Å². The van der Waals surface area contributed by atoms with Crippen molar-refractivity contribution in [1.29, 1.82) is 0 Å². The highest BCUT2D eigenvalue weighted by Gasteiger charge is 2.36. The number of rotatable bonds is 7. The number of carboxylic acids is 1. The fraction of sp³-hybridized carbons (Fsp3) is 0.385. The van der Waals surface area contributed by atoms with Crippen LogP contribution >= 0.6 is 0 Å². The van der Waals surface area contributed by atoms with Crippen molar-refractivity contribution in [2.24, 2.45) is 0 Å². The minimum Gasteiger partial charge on any atom is -0.479 e. The van der Waals surface area contributed by atoms with E-state index in [0.29, 0.717) is 5.56 Å². The van der Waals surface area contributed by atoms with E-state index in [4.69, 9.17) is 10.2 Å². The molecule has 7 nitrogen and oxygen atoms in total. The van der Waals surface area contributed by atoms with E-state index < -0.39 is 36.2 Å². The summed E-state index contributed by atoms with van der Waals surface area (Å²) in [4.78, 5) is 22.1. The van der Waals surface area contributed by atoms with E-state index in [-0.39, 0.29) is 6.42 Å². The van der Waals surface area contributed by atoms with Gasteiger partial charge >= 0.3 is 5.97 Å². The Bertz CT molecular complexity index is 459. The number of benzene rings is 1. The first-order chi connectivity index (χ1) is 9.34. The van der Waals surface area contributed by atoms with E-state index in [1.54, 1.807) is 30.3 Å². The Hall–Kier alpha value is -1.80. The summed E-state index contributed by atoms with van der Waals surface area (Å²) in [7, 11) is 0. The fourth-order valence-corrected chi connectivity index (χ4v) is 1.62. The number of hydrogen-bond acceptors (Lipinski definition) is 6. The maximum Gasteiger partial charge on any atom is 0.335 e. The molecule has 0 fully saturated rings. The molecular formula is C13H16O7. The molecule has 0 aliphatic rings. The molecule has 0 spiro atoms. The normalized spacial score (nSPS) is 17.0. The van der Waals surface area contributed by atoms with Crippen LogP contribution in [0.3, 0.4) is 0 Å². The molecule has 4 atom stereocenters. The van der Waals surface area contributed by atoms with Gasteiger partial charge in [-0.25, -0.2) is 4.79 Å². The fourth-order valence-electron chi connectivity index (χ4n) is 1.62. The number of hydrogen-bond donors (Lipinski definition) is 5. The molecule has 0 aromatic heterocycles. The maximum atomic E-state index is 11.7. The number of carbonyl (C=O) groups excluding carboxylic acids is 1. The Morgan fingerprint density at radius 2 is 1.50 bits per heavy atom. The molecule has 1 aromatic rings. The largest absolute Gasteiger partial charge is 0.479 e. The monoisotopic (exact) mass is 284 g/mol. The summed E-state index contributed by atoms with van der Waals surface area (Å²) in [5.41, 5.74) is 0.633. The second-order valence-electron chi connectivity index (χ2n) is 4.33. The van der Waals surface area contributed by atoms with Crippen LogP contribution in [0.15, 0.2) is 30.3 Å². The zero-order chi connectivity index (χ0) is 15.3. The van der Waals surface area contributed by atoms with Crippen LogP contribution in [-0.4, -0.2) is 61.7 Å². The van der Waals surface area contributed by atoms with Crippen molar-refractivity contribution in [2.75, 3.05) is 0 Å². The Labute approximate surface area is 114 Å². The van der Waals surface area contributed by atoms with Crippen molar-refractivity contribution in [2.45, 2.75) is 30.8 Å². The molecular weight excluding hydrogens is 268 g/mol. The van der Waals surface area contributed by atoms with Gasteiger partial charge in [0.15, 0.2) is 11.9 Å². The summed E-state index contributed by atoms with van der Waals surface area (Å²) in [6.45, 7) is 0. The number of carboxylic acid groups (broad SMARTS) is 1. The Balaban J connectivity index is 2.66. The van der Waals surface area contributed by atoms with Crippen LogP contribution in [0.4, 0.5) is 0 Å². The molecule has 110 valence electrons. The molecule has 0 amide bonds. The van der Waals surface area contributed by atoms with Crippen LogP contribution < -0.4 is 0 Å². The van der Waals surface area contributed by atoms with Gasteiger partial charge in [-0.2, -0.15) is 0 Å². The molecule has 20 heavy (non-hydrogen) atoms. The van der Waals surface area contributed by atoms with Gasteiger partial charge < -0.3 is 25.5 Å². The third-order valence-corrected chi connectivity index (χ3v) is 2.79. The van der Waals surface area contributed by atoms with Crippen LogP contribution in [-0.2, 0) is 16.0 Å². The van der Waals surface area contributed by atoms with Crippen LogP contribution in [0.25, 0.3) is 0 Å². The topological polar surface area (TPSA) is 135 Å². The van der Waals surface area contributed by atoms with Gasteiger partial charge in [0.2, 0.25) is 0 Å². The summed E-state index contributed by atoms with van der Waals surface area (Å²) in [5.74, 6) is -2.93. The van der Waals surface area contributed by atoms with Crippen molar-refractivity contribution < 1.29 is 35.1 Å². The van der Waals surface area contributed by atoms with Gasteiger partial charge in [-0.15, -0.1) is 0 Å². The van der Waals surface area contributed by atoms with Crippen LogP contribution in [0, 0.1) is 0 Å². The molecule has 0 radical (unpaired) electrons. The van der Waals surface area contributed by atoms with Gasteiger partial charge in [0.25, 0.3) is 0 Å². The Morgan fingerprint density at radius 3 is 2.00 bits per heavy atom. The zero-order valence-corrected chi connectivity index (χ0v) is 10.5. The lowest BCUT2D eigenvalue weighted by atomic mass is 9.97. The van der Waals surface area contributed by atoms with Crippen LogP contribution in [0.5, 0.6) is 0 Å². The first kappa shape index (κ1) is 16.3. The third kappa shape index (κ3) is 4.10. The predicted molar refractivity (Wildman–Crippen MR) is 66.8 cm³/mol. The zero-order valence-electron chi connectivity index (χ0n) is 10.5. The van der Waals surface area contributed by atoms with Crippen molar-refractivity contribution in [3.8, 4) is 0 Å². The quantitative estimate of drug-likeness (QED) is 0.404. The molecule has 0 saturated heterocycles. The lowest BCUT2D eigenvalue weighted by Gasteiger charge is -2.21. The third-order valence-electron chi connectivity index (χ3n) is 2.79. The number of aliphatic carboxylic acids is 1. The molecule has 7 heteroatoms. The molecule has 0 heterocycles. The first-order valence-corrected chi connectivity index (χ1v) is 5.87.